The van der Waals surface area contributed by atoms with Gasteiger partial charge in [0, 0.05) is 22.4 Å². The molecular weight excluding hydrogens is 428 g/mol. The third-order valence-corrected chi connectivity index (χ3v) is 4.52. The molecule has 0 aliphatic rings. The number of methoxy groups -OCH3 is 2. The first kappa shape index (κ1) is 19.2. The van der Waals surface area contributed by atoms with Crippen LogP contribution in [0.25, 0.3) is 0 Å². The zero-order valence-corrected chi connectivity index (χ0v) is 17.3. The average molecular weight is 447 g/mol. The van der Waals surface area contributed by atoms with E-state index >= 15 is 0 Å². The Labute approximate surface area is 171 Å². The predicted molar refractivity (Wildman–Crippen MR) is 115 cm³/mol. The minimum atomic E-state index is 0.463. The number of aromatic nitrogens is 2. The molecule has 0 aliphatic heterocycles. The Kier molecular flexibility index (Phi) is 6.31. The van der Waals surface area contributed by atoms with Crippen molar-refractivity contribution in [2.45, 2.75) is 6.54 Å². The van der Waals surface area contributed by atoms with Crippen molar-refractivity contribution in [3.8, 4) is 11.5 Å². The lowest BCUT2D eigenvalue weighted by atomic mass is 10.2. The van der Waals surface area contributed by atoms with Crippen LogP contribution in [0.3, 0.4) is 0 Å². The molecular formula is C19H19BrN4O2S. The van der Waals surface area contributed by atoms with Crippen molar-refractivity contribution in [3.63, 3.8) is 0 Å². The maximum atomic E-state index is 5.38. The Hall–Kier alpha value is -2.58. The highest BCUT2D eigenvalue weighted by molar-refractivity contribution is 9.10. The summed E-state index contributed by atoms with van der Waals surface area (Å²) in [5, 5.41) is 11.1. The number of nitrogens with one attached hydrogen (secondary N) is 2. The van der Waals surface area contributed by atoms with Gasteiger partial charge in [-0.25, -0.2) is 0 Å². The lowest BCUT2D eigenvalue weighted by Crippen LogP contribution is -2.18. The van der Waals surface area contributed by atoms with Crippen molar-refractivity contribution in [3.05, 3.63) is 64.9 Å². The molecule has 6 nitrogen and oxygen atoms in total. The highest BCUT2D eigenvalue weighted by atomic mass is 79.9. The molecule has 3 aromatic rings. The summed E-state index contributed by atoms with van der Waals surface area (Å²) in [6.45, 7) is 0.685. The maximum absolute atomic E-state index is 5.38. The Bertz CT molecular complexity index is 928. The van der Waals surface area contributed by atoms with E-state index in [4.69, 9.17) is 21.7 Å². The lowest BCUT2D eigenvalue weighted by Gasteiger charge is -2.12. The van der Waals surface area contributed by atoms with Crippen LogP contribution in [-0.2, 0) is 6.54 Å². The highest BCUT2D eigenvalue weighted by Crippen LogP contribution is 2.29. The Morgan fingerprint density at radius 3 is 2.44 bits per heavy atom. The fourth-order valence-electron chi connectivity index (χ4n) is 2.50. The number of halogens is 1. The molecule has 140 valence electrons. The lowest BCUT2D eigenvalue weighted by molar-refractivity contribution is 0.355. The van der Waals surface area contributed by atoms with Crippen LogP contribution < -0.4 is 20.1 Å². The molecule has 0 radical (unpaired) electrons. The van der Waals surface area contributed by atoms with Gasteiger partial charge in [0.1, 0.15) is 0 Å². The van der Waals surface area contributed by atoms with Crippen LogP contribution in [0.4, 0.5) is 11.4 Å². The van der Waals surface area contributed by atoms with E-state index in [0.29, 0.717) is 23.2 Å². The fraction of sp³-hybridized carbons (Fsp3) is 0.158. The molecule has 0 saturated heterocycles. The summed E-state index contributed by atoms with van der Waals surface area (Å²) in [6.07, 6.45) is 3.64. The van der Waals surface area contributed by atoms with Crippen LogP contribution >= 0.6 is 28.1 Å². The first-order valence-corrected chi connectivity index (χ1v) is 9.34. The second-order valence-electron chi connectivity index (χ2n) is 5.70. The van der Waals surface area contributed by atoms with Gasteiger partial charge < -0.3 is 20.1 Å². The molecule has 0 bridgehead atoms. The summed E-state index contributed by atoms with van der Waals surface area (Å²) in [4.78, 5) is 0. The van der Waals surface area contributed by atoms with Crippen LogP contribution in [0.1, 0.15) is 5.56 Å². The molecule has 3 rings (SSSR count). The summed E-state index contributed by atoms with van der Waals surface area (Å²) in [6, 6.07) is 13.7. The Balaban J connectivity index is 1.60. The zero-order chi connectivity index (χ0) is 19.2. The van der Waals surface area contributed by atoms with Gasteiger partial charge >= 0.3 is 0 Å². The van der Waals surface area contributed by atoms with Gasteiger partial charge in [0.15, 0.2) is 16.6 Å². The molecule has 0 spiro atoms. The minimum absolute atomic E-state index is 0.463. The summed E-state index contributed by atoms with van der Waals surface area (Å²) >= 11 is 8.81. The first-order valence-electron chi connectivity index (χ1n) is 8.14. The maximum Gasteiger partial charge on any atom is 0.175 e. The zero-order valence-electron chi connectivity index (χ0n) is 14.9. The van der Waals surface area contributed by atoms with E-state index in [9.17, 15) is 0 Å². The number of benzene rings is 2. The van der Waals surface area contributed by atoms with E-state index < -0.39 is 0 Å². The van der Waals surface area contributed by atoms with E-state index in [0.717, 1.165) is 15.8 Å². The number of hydrogen-bond donors (Lipinski definition) is 2. The normalized spacial score (nSPS) is 10.3. The average Bonchev–Trinajstić information content (AvgIpc) is 3.10. The van der Waals surface area contributed by atoms with Gasteiger partial charge in [-0.15, -0.1) is 0 Å². The van der Waals surface area contributed by atoms with Crippen molar-refractivity contribution in [1.29, 1.82) is 0 Å². The third kappa shape index (κ3) is 5.21. The van der Waals surface area contributed by atoms with E-state index in [-0.39, 0.29) is 0 Å². The molecule has 27 heavy (non-hydrogen) atoms. The largest absolute Gasteiger partial charge is 0.493 e. The molecule has 8 heteroatoms. The third-order valence-electron chi connectivity index (χ3n) is 3.79. The predicted octanol–water partition coefficient (Wildman–Crippen LogP) is 4.52. The molecule has 0 aliphatic carbocycles. The quantitative estimate of drug-likeness (QED) is 0.542. The van der Waals surface area contributed by atoms with E-state index in [1.54, 1.807) is 20.4 Å². The van der Waals surface area contributed by atoms with Gasteiger partial charge in [-0.05, 0) is 42.0 Å². The van der Waals surface area contributed by atoms with Gasteiger partial charge in [-0.3, -0.25) is 4.68 Å². The molecule has 0 amide bonds. The first-order chi connectivity index (χ1) is 13.1. The van der Waals surface area contributed by atoms with E-state index in [1.165, 1.54) is 5.56 Å². The molecule has 0 atom stereocenters. The topological polar surface area (TPSA) is 60.3 Å². The van der Waals surface area contributed by atoms with Crippen molar-refractivity contribution in [2.75, 3.05) is 24.9 Å². The molecule has 0 fully saturated rings. The monoisotopic (exact) mass is 446 g/mol. The van der Waals surface area contributed by atoms with Gasteiger partial charge in [0.05, 0.1) is 32.6 Å². The van der Waals surface area contributed by atoms with Crippen LogP contribution in [-0.4, -0.2) is 29.1 Å². The molecule has 2 aromatic carbocycles. The van der Waals surface area contributed by atoms with Gasteiger partial charge in [0.25, 0.3) is 0 Å². The number of rotatable bonds is 6. The number of nitrogens with zero attached hydrogens (tertiary/aromatic N) is 2. The smallest absolute Gasteiger partial charge is 0.175 e. The molecule has 2 N–H and O–H groups in total. The summed E-state index contributed by atoms with van der Waals surface area (Å²) in [5.74, 6) is 1.30. The summed E-state index contributed by atoms with van der Waals surface area (Å²) in [7, 11) is 3.20. The Morgan fingerprint density at radius 2 is 1.74 bits per heavy atom. The van der Waals surface area contributed by atoms with Crippen molar-refractivity contribution < 1.29 is 9.47 Å². The molecule has 1 aromatic heterocycles. The molecule has 1 heterocycles. The van der Waals surface area contributed by atoms with Crippen LogP contribution in [0, 0.1) is 0 Å². The second-order valence-corrected chi connectivity index (χ2v) is 7.03. The van der Waals surface area contributed by atoms with Gasteiger partial charge in [0.2, 0.25) is 0 Å². The summed E-state index contributed by atoms with van der Waals surface area (Å²) < 4.78 is 13.4. The van der Waals surface area contributed by atoms with Crippen LogP contribution in [0.2, 0.25) is 0 Å². The van der Waals surface area contributed by atoms with Crippen molar-refractivity contribution in [1.82, 2.24) is 9.78 Å². The number of thiocarbonyl (C=S) groups is 1. The van der Waals surface area contributed by atoms with E-state index in [1.807, 2.05) is 41.2 Å². The van der Waals surface area contributed by atoms with Gasteiger partial charge in [-0.2, -0.15) is 5.10 Å². The van der Waals surface area contributed by atoms with Crippen LogP contribution in [0.5, 0.6) is 11.5 Å². The van der Waals surface area contributed by atoms with Crippen molar-refractivity contribution in [2.24, 2.45) is 0 Å². The number of hydrogen-bond acceptors (Lipinski definition) is 4. The van der Waals surface area contributed by atoms with E-state index in [2.05, 4.69) is 43.8 Å². The SMILES string of the molecule is COc1ccc(NC(=S)Nc2cnn(Cc3ccc(Br)cc3)c2)cc1OC. The molecule has 0 saturated carbocycles. The van der Waals surface area contributed by atoms with Gasteiger partial charge in [-0.1, -0.05) is 28.1 Å². The standard InChI is InChI=1S/C19H19BrN4O2S/c1-25-17-8-7-15(9-18(17)26-2)22-19(27)23-16-10-21-24(12-16)11-13-3-5-14(20)6-4-13/h3-10,12H,11H2,1-2H3,(H2,22,23,27). The van der Waals surface area contributed by atoms with Crippen LogP contribution in [0.15, 0.2) is 59.3 Å². The Morgan fingerprint density at radius 1 is 1.04 bits per heavy atom. The minimum Gasteiger partial charge on any atom is -0.493 e. The highest BCUT2D eigenvalue weighted by Gasteiger charge is 2.07. The fourth-order valence-corrected chi connectivity index (χ4v) is 3.00. The number of anilines is 2. The molecule has 0 unspecified atom stereocenters. The number of ether oxygens (including phenoxy) is 2. The summed E-state index contributed by atoms with van der Waals surface area (Å²) in [5.41, 5.74) is 2.77. The second kappa shape index (κ2) is 8.88. The van der Waals surface area contributed by atoms with Crippen molar-refractivity contribution >= 4 is 44.6 Å².